The van der Waals surface area contributed by atoms with Crippen molar-refractivity contribution in [2.75, 3.05) is 37.7 Å². The van der Waals surface area contributed by atoms with Crippen molar-refractivity contribution in [2.24, 2.45) is 11.3 Å². The number of aromatic nitrogens is 1. The molecule has 2 amide bonds. The molecule has 1 aromatic rings. The number of ether oxygens (including phenoxy) is 1. The van der Waals surface area contributed by atoms with Crippen molar-refractivity contribution < 1.29 is 31.9 Å². The largest absolute Gasteiger partial charge is 0.477 e. The van der Waals surface area contributed by atoms with Gasteiger partial charge in [-0.05, 0) is 30.2 Å². The number of alkyl halides is 4. The zero-order chi connectivity index (χ0) is 24.2. The van der Waals surface area contributed by atoms with Crippen LogP contribution in [0.5, 0.6) is 5.88 Å². The molecule has 0 radical (unpaired) electrons. The van der Waals surface area contributed by atoms with E-state index < -0.39 is 61.3 Å². The van der Waals surface area contributed by atoms with Crippen molar-refractivity contribution in [3.05, 3.63) is 17.8 Å². The van der Waals surface area contributed by atoms with Crippen LogP contribution in [-0.2, 0) is 4.79 Å². The number of carbonyl (C=O) groups is 2. The predicted octanol–water partition coefficient (Wildman–Crippen LogP) is 2.95. The van der Waals surface area contributed by atoms with Crippen LogP contribution in [0.1, 0.15) is 44.1 Å². The summed E-state index contributed by atoms with van der Waals surface area (Å²) in [6.45, 7) is 3.04. The molecule has 1 atom stereocenters. The Hall–Kier alpha value is -2.59. The number of likely N-dealkylation sites (tertiary alicyclic amines) is 1. The summed E-state index contributed by atoms with van der Waals surface area (Å²) in [5.41, 5.74) is -0.732. The number of carbonyl (C=O) groups excluding carboxylic acids is 2. The fourth-order valence-electron chi connectivity index (χ4n) is 3.81. The Bertz CT molecular complexity index is 930. The highest BCUT2D eigenvalue weighted by atomic mass is 19.3. The quantitative estimate of drug-likeness (QED) is 0.618. The standard InChI is InChI=1S/C22H28F4N4O3/c1-20(2,3)17(19(32)30-11-22(25,26)12-30)28-18(31)16-14(29-9-21(23,24)10-29)6-7-15(27-16)33-8-13-4-5-13/h6-7,13,17H,4-5,8-12H2,1-3H3,(H,28,31)/t17-/m1/s1. The normalized spacial score (nSPS) is 22.2. The fourth-order valence-corrected chi connectivity index (χ4v) is 3.81. The number of nitrogens with one attached hydrogen (secondary N) is 1. The predicted molar refractivity (Wildman–Crippen MR) is 112 cm³/mol. The molecule has 1 aromatic heterocycles. The third-order valence-corrected chi connectivity index (χ3v) is 5.96. The maximum absolute atomic E-state index is 13.5. The third kappa shape index (κ3) is 5.33. The van der Waals surface area contributed by atoms with Gasteiger partial charge in [-0.1, -0.05) is 20.8 Å². The first-order valence-corrected chi connectivity index (χ1v) is 11.0. The molecule has 0 bridgehead atoms. The zero-order valence-electron chi connectivity index (χ0n) is 18.8. The molecule has 2 saturated heterocycles. The minimum absolute atomic E-state index is 0.144. The van der Waals surface area contributed by atoms with Gasteiger partial charge in [-0.3, -0.25) is 9.59 Å². The van der Waals surface area contributed by atoms with Gasteiger partial charge in [0.15, 0.2) is 5.69 Å². The molecule has 1 N–H and O–H groups in total. The van der Waals surface area contributed by atoms with E-state index in [1.54, 1.807) is 20.8 Å². The summed E-state index contributed by atoms with van der Waals surface area (Å²) in [5, 5.41) is 2.61. The first kappa shape index (κ1) is 23.6. The Labute approximate surface area is 189 Å². The second kappa shape index (κ2) is 8.02. The second-order valence-electron chi connectivity index (χ2n) is 10.3. The minimum atomic E-state index is -2.94. The molecule has 1 aliphatic carbocycles. The van der Waals surface area contributed by atoms with E-state index in [2.05, 4.69) is 10.3 Å². The Balaban J connectivity index is 1.55. The fraction of sp³-hybridized carbons (Fsp3) is 0.682. The summed E-state index contributed by atoms with van der Waals surface area (Å²) in [6, 6.07) is 1.92. The van der Waals surface area contributed by atoms with Gasteiger partial charge in [0.2, 0.25) is 11.8 Å². The summed E-state index contributed by atoms with van der Waals surface area (Å²) >= 11 is 0. The van der Waals surface area contributed by atoms with E-state index in [1.807, 2.05) is 0 Å². The van der Waals surface area contributed by atoms with Gasteiger partial charge in [-0.15, -0.1) is 0 Å². The molecule has 33 heavy (non-hydrogen) atoms. The molecular weight excluding hydrogens is 444 g/mol. The Morgan fingerprint density at radius 3 is 2.24 bits per heavy atom. The molecule has 0 aromatic carbocycles. The summed E-state index contributed by atoms with van der Waals surface area (Å²) in [7, 11) is 0. The average Bonchev–Trinajstić information content (AvgIpc) is 3.49. The highest BCUT2D eigenvalue weighted by Crippen LogP contribution is 2.35. The van der Waals surface area contributed by atoms with Crippen LogP contribution in [0.2, 0.25) is 0 Å². The number of rotatable bonds is 7. The van der Waals surface area contributed by atoms with Crippen LogP contribution < -0.4 is 15.0 Å². The van der Waals surface area contributed by atoms with Gasteiger partial charge < -0.3 is 19.9 Å². The lowest BCUT2D eigenvalue weighted by molar-refractivity contribution is -0.169. The molecular formula is C22H28F4N4O3. The average molecular weight is 472 g/mol. The maximum Gasteiger partial charge on any atom is 0.282 e. The molecule has 1 saturated carbocycles. The summed E-state index contributed by atoms with van der Waals surface area (Å²) in [4.78, 5) is 32.7. The van der Waals surface area contributed by atoms with Gasteiger partial charge in [0.25, 0.3) is 17.8 Å². The Kier molecular flexibility index (Phi) is 5.73. The van der Waals surface area contributed by atoms with Crippen molar-refractivity contribution in [1.82, 2.24) is 15.2 Å². The summed E-state index contributed by atoms with van der Waals surface area (Å²) in [5.74, 6) is -6.55. The van der Waals surface area contributed by atoms with E-state index in [9.17, 15) is 27.2 Å². The summed E-state index contributed by atoms with van der Waals surface area (Å²) < 4.78 is 59.2. The molecule has 7 nitrogen and oxygen atoms in total. The minimum Gasteiger partial charge on any atom is -0.477 e. The van der Waals surface area contributed by atoms with Crippen LogP contribution in [0.4, 0.5) is 23.2 Å². The zero-order valence-corrected chi connectivity index (χ0v) is 18.8. The lowest BCUT2D eigenvalue weighted by Crippen LogP contribution is -2.64. The molecule has 182 valence electrons. The van der Waals surface area contributed by atoms with E-state index in [0.717, 1.165) is 17.7 Å². The topological polar surface area (TPSA) is 74.8 Å². The van der Waals surface area contributed by atoms with Crippen molar-refractivity contribution in [3.63, 3.8) is 0 Å². The number of halogens is 4. The highest BCUT2D eigenvalue weighted by Gasteiger charge is 2.50. The van der Waals surface area contributed by atoms with E-state index in [1.165, 1.54) is 17.0 Å². The van der Waals surface area contributed by atoms with Crippen molar-refractivity contribution in [2.45, 2.75) is 51.5 Å². The van der Waals surface area contributed by atoms with E-state index in [4.69, 9.17) is 4.74 Å². The molecule has 11 heteroatoms. The third-order valence-electron chi connectivity index (χ3n) is 5.96. The lowest BCUT2D eigenvalue weighted by Gasteiger charge is -2.43. The molecule has 3 fully saturated rings. The first-order valence-electron chi connectivity index (χ1n) is 11.0. The number of hydrogen-bond acceptors (Lipinski definition) is 5. The molecule has 4 rings (SSSR count). The van der Waals surface area contributed by atoms with E-state index in [0.29, 0.717) is 12.5 Å². The molecule has 0 spiro atoms. The van der Waals surface area contributed by atoms with Gasteiger partial charge in [0, 0.05) is 6.07 Å². The molecule has 2 aliphatic heterocycles. The van der Waals surface area contributed by atoms with E-state index >= 15 is 0 Å². The van der Waals surface area contributed by atoms with Crippen molar-refractivity contribution in [3.8, 4) is 5.88 Å². The molecule has 0 unspecified atom stereocenters. The van der Waals surface area contributed by atoms with Gasteiger partial charge in [0.05, 0.1) is 38.5 Å². The lowest BCUT2D eigenvalue weighted by atomic mass is 9.85. The monoisotopic (exact) mass is 472 g/mol. The van der Waals surface area contributed by atoms with Gasteiger partial charge in [0.1, 0.15) is 6.04 Å². The van der Waals surface area contributed by atoms with E-state index in [-0.39, 0.29) is 17.3 Å². The van der Waals surface area contributed by atoms with Gasteiger partial charge >= 0.3 is 0 Å². The summed E-state index contributed by atoms with van der Waals surface area (Å²) in [6.07, 6.45) is 2.11. The second-order valence-corrected chi connectivity index (χ2v) is 10.3. The molecule has 3 heterocycles. The van der Waals surface area contributed by atoms with Crippen molar-refractivity contribution >= 4 is 17.5 Å². The van der Waals surface area contributed by atoms with Crippen LogP contribution in [-0.4, -0.2) is 72.4 Å². The number of amides is 2. The van der Waals surface area contributed by atoms with Gasteiger partial charge in [-0.25, -0.2) is 22.5 Å². The smallest absolute Gasteiger partial charge is 0.282 e. The Morgan fingerprint density at radius 1 is 1.12 bits per heavy atom. The number of hydrogen-bond donors (Lipinski definition) is 1. The van der Waals surface area contributed by atoms with Crippen LogP contribution >= 0.6 is 0 Å². The van der Waals surface area contributed by atoms with Crippen molar-refractivity contribution in [1.29, 1.82) is 0 Å². The van der Waals surface area contributed by atoms with Crippen LogP contribution in [0.25, 0.3) is 0 Å². The maximum atomic E-state index is 13.5. The SMILES string of the molecule is CC(C)(C)[C@H](NC(=O)c1nc(OCC2CC2)ccc1N1CC(F)(F)C1)C(=O)N1CC(F)(F)C1. The number of nitrogens with zero attached hydrogens (tertiary/aromatic N) is 3. The highest BCUT2D eigenvalue weighted by molar-refractivity contribution is 6.01. The number of anilines is 1. The van der Waals surface area contributed by atoms with Crippen LogP contribution in [0.3, 0.4) is 0 Å². The Morgan fingerprint density at radius 2 is 1.73 bits per heavy atom. The first-order chi connectivity index (χ1) is 15.2. The molecule has 3 aliphatic rings. The van der Waals surface area contributed by atoms with Gasteiger partial charge in [-0.2, -0.15) is 0 Å². The van der Waals surface area contributed by atoms with Crippen LogP contribution in [0, 0.1) is 11.3 Å². The van der Waals surface area contributed by atoms with Crippen LogP contribution in [0.15, 0.2) is 12.1 Å². The number of pyridine rings is 1.